The maximum absolute atomic E-state index is 14.5. The highest BCUT2D eigenvalue weighted by Gasteiger charge is 2.35. The number of ether oxygens (including phenoxy) is 3. The summed E-state index contributed by atoms with van der Waals surface area (Å²) in [5.74, 6) is 0.593. The van der Waals surface area contributed by atoms with E-state index >= 15 is 0 Å². The minimum Gasteiger partial charge on any atom is -0.490 e. The lowest BCUT2D eigenvalue weighted by Gasteiger charge is -2.26. The Hall–Kier alpha value is -4.89. The average molecular weight is 636 g/mol. The van der Waals surface area contributed by atoms with Crippen molar-refractivity contribution in [1.29, 1.82) is 0 Å². The minimum absolute atomic E-state index is 0.176. The molecule has 2 aromatic heterocycles. The molecule has 0 radical (unpaired) electrons. The van der Waals surface area contributed by atoms with Gasteiger partial charge in [-0.05, 0) is 64.5 Å². The van der Waals surface area contributed by atoms with Crippen LogP contribution in [-0.2, 0) is 9.53 Å². The molecule has 9 heteroatoms. The van der Waals surface area contributed by atoms with Crippen molar-refractivity contribution < 1.29 is 19.0 Å². The summed E-state index contributed by atoms with van der Waals surface area (Å²) in [6.07, 6.45) is 4.02. The van der Waals surface area contributed by atoms with Gasteiger partial charge in [-0.25, -0.2) is 9.79 Å². The molecule has 6 rings (SSSR count). The van der Waals surface area contributed by atoms with Gasteiger partial charge in [0.05, 0.1) is 41.7 Å². The maximum Gasteiger partial charge on any atom is 0.338 e. The normalized spacial score (nSPS) is 14.8. The lowest BCUT2D eigenvalue weighted by Crippen LogP contribution is -2.40. The highest BCUT2D eigenvalue weighted by Crippen LogP contribution is 2.39. The Morgan fingerprint density at radius 2 is 1.65 bits per heavy atom. The molecule has 0 spiro atoms. The standard InChI is InChI=1S/C37H37N3O5S/c1-6-43-29-19-18-25(20-30(29)44-7-2)34-32(36(42)45-8-3)33(24-14-10-9-11-15-24)38-37-40(34)35(41)31(46-37)21-26-22-39(23(4)5)28-17-13-12-16-27(26)28/h9-23,34H,6-8H2,1-5H3/b31-21+/t34-/m1/s1. The molecule has 46 heavy (non-hydrogen) atoms. The molecular formula is C37H37N3O5S. The fourth-order valence-electron chi connectivity index (χ4n) is 5.91. The van der Waals surface area contributed by atoms with Crippen molar-refractivity contribution in [3.05, 3.63) is 121 Å². The van der Waals surface area contributed by atoms with E-state index < -0.39 is 12.0 Å². The summed E-state index contributed by atoms with van der Waals surface area (Å²) in [6.45, 7) is 10.9. The molecule has 1 atom stereocenters. The van der Waals surface area contributed by atoms with Crippen molar-refractivity contribution >= 4 is 40.0 Å². The van der Waals surface area contributed by atoms with Gasteiger partial charge in [0, 0.05) is 34.3 Å². The number of para-hydroxylation sites is 1. The van der Waals surface area contributed by atoms with Crippen LogP contribution in [0.4, 0.5) is 0 Å². The molecule has 3 aromatic carbocycles. The number of fused-ring (bicyclic) bond motifs is 2. The first-order valence-electron chi connectivity index (χ1n) is 15.6. The molecule has 5 aromatic rings. The van der Waals surface area contributed by atoms with E-state index in [2.05, 4.69) is 36.7 Å². The van der Waals surface area contributed by atoms with Gasteiger partial charge < -0.3 is 18.8 Å². The molecular weight excluding hydrogens is 598 g/mol. The monoisotopic (exact) mass is 635 g/mol. The van der Waals surface area contributed by atoms with E-state index in [1.54, 1.807) is 11.5 Å². The van der Waals surface area contributed by atoms with Crippen LogP contribution < -0.4 is 24.4 Å². The first kappa shape index (κ1) is 31.1. The molecule has 3 heterocycles. The summed E-state index contributed by atoms with van der Waals surface area (Å²) in [4.78, 5) is 33.8. The van der Waals surface area contributed by atoms with Crippen LogP contribution in [0.2, 0.25) is 0 Å². The summed E-state index contributed by atoms with van der Waals surface area (Å²) < 4.78 is 21.8. The SMILES string of the molecule is CCOC(=O)C1=C(c2ccccc2)N=c2s/c(=C/c3cn(C(C)C)c4ccccc34)c(=O)n2[C@@H]1c1ccc(OCC)c(OCC)c1. The Balaban J connectivity index is 1.65. The molecule has 0 N–H and O–H groups in total. The molecule has 0 saturated heterocycles. The van der Waals surface area contributed by atoms with Crippen LogP contribution in [0.25, 0.3) is 22.7 Å². The van der Waals surface area contributed by atoms with Gasteiger partial charge in [-0.2, -0.15) is 0 Å². The van der Waals surface area contributed by atoms with Crippen LogP contribution in [0, 0.1) is 0 Å². The molecule has 236 valence electrons. The maximum atomic E-state index is 14.5. The predicted molar refractivity (Wildman–Crippen MR) is 182 cm³/mol. The third-order valence-electron chi connectivity index (χ3n) is 7.87. The van der Waals surface area contributed by atoms with E-state index in [1.165, 1.54) is 11.3 Å². The largest absolute Gasteiger partial charge is 0.490 e. The zero-order valence-electron chi connectivity index (χ0n) is 26.7. The quantitative estimate of drug-likeness (QED) is 0.169. The summed E-state index contributed by atoms with van der Waals surface area (Å²) in [5, 5.41) is 1.06. The second-order valence-corrected chi connectivity index (χ2v) is 12.1. The third kappa shape index (κ3) is 5.67. The average Bonchev–Trinajstić information content (AvgIpc) is 3.59. The summed E-state index contributed by atoms with van der Waals surface area (Å²) in [7, 11) is 0. The smallest absolute Gasteiger partial charge is 0.338 e. The predicted octanol–water partition coefficient (Wildman–Crippen LogP) is 6.27. The number of rotatable bonds is 10. The van der Waals surface area contributed by atoms with Gasteiger partial charge in [0.2, 0.25) is 0 Å². The molecule has 0 aliphatic carbocycles. The second-order valence-electron chi connectivity index (χ2n) is 11.1. The van der Waals surface area contributed by atoms with Crippen molar-refractivity contribution in [2.45, 2.75) is 46.7 Å². The number of hydrogen-bond donors (Lipinski definition) is 0. The Bertz CT molecular complexity index is 2120. The fourth-order valence-corrected chi connectivity index (χ4v) is 6.90. The minimum atomic E-state index is -0.820. The first-order chi connectivity index (χ1) is 22.4. The van der Waals surface area contributed by atoms with E-state index in [9.17, 15) is 9.59 Å². The lowest BCUT2D eigenvalue weighted by molar-refractivity contribution is -0.138. The van der Waals surface area contributed by atoms with E-state index in [-0.39, 0.29) is 23.8 Å². The van der Waals surface area contributed by atoms with Gasteiger partial charge in [0.15, 0.2) is 16.3 Å². The molecule has 0 fully saturated rings. The van der Waals surface area contributed by atoms with Crippen molar-refractivity contribution in [3.63, 3.8) is 0 Å². The van der Waals surface area contributed by atoms with Crippen molar-refractivity contribution in [3.8, 4) is 11.5 Å². The number of carbonyl (C=O) groups excluding carboxylic acids is 1. The Morgan fingerprint density at radius 3 is 2.37 bits per heavy atom. The van der Waals surface area contributed by atoms with Crippen molar-refractivity contribution in [2.75, 3.05) is 19.8 Å². The zero-order valence-corrected chi connectivity index (χ0v) is 27.5. The van der Waals surface area contributed by atoms with Gasteiger partial charge in [-0.1, -0.05) is 65.9 Å². The third-order valence-corrected chi connectivity index (χ3v) is 8.85. The highest BCUT2D eigenvalue weighted by molar-refractivity contribution is 7.07. The van der Waals surface area contributed by atoms with Crippen LogP contribution in [-0.4, -0.2) is 34.9 Å². The lowest BCUT2D eigenvalue weighted by atomic mass is 9.93. The first-order valence-corrected chi connectivity index (χ1v) is 16.4. The number of carbonyl (C=O) groups is 1. The number of benzene rings is 3. The van der Waals surface area contributed by atoms with E-state index in [0.717, 1.165) is 22.0 Å². The second kappa shape index (κ2) is 13.2. The molecule has 0 bridgehead atoms. The highest BCUT2D eigenvalue weighted by atomic mass is 32.1. The Kier molecular flexibility index (Phi) is 8.94. The van der Waals surface area contributed by atoms with Gasteiger partial charge in [-0.15, -0.1) is 0 Å². The molecule has 8 nitrogen and oxygen atoms in total. The molecule has 0 amide bonds. The molecule has 0 saturated carbocycles. The number of hydrogen-bond acceptors (Lipinski definition) is 7. The zero-order chi connectivity index (χ0) is 32.4. The van der Waals surface area contributed by atoms with E-state index in [0.29, 0.717) is 45.3 Å². The van der Waals surface area contributed by atoms with Crippen LogP contribution in [0.5, 0.6) is 11.5 Å². The van der Waals surface area contributed by atoms with Gasteiger partial charge in [-0.3, -0.25) is 9.36 Å². The number of thiazole rings is 1. The number of esters is 1. The van der Waals surface area contributed by atoms with Crippen molar-refractivity contribution in [1.82, 2.24) is 9.13 Å². The number of nitrogens with zero attached hydrogens (tertiary/aromatic N) is 3. The number of aromatic nitrogens is 2. The molecule has 0 unspecified atom stereocenters. The van der Waals surface area contributed by atoms with Crippen LogP contribution in [0.1, 0.15) is 63.4 Å². The summed E-state index contributed by atoms with van der Waals surface area (Å²) in [5.41, 5.74) is 4.00. The van der Waals surface area contributed by atoms with Crippen LogP contribution in [0.15, 0.2) is 94.4 Å². The van der Waals surface area contributed by atoms with Gasteiger partial charge in [0.25, 0.3) is 5.56 Å². The molecule has 1 aliphatic rings. The van der Waals surface area contributed by atoms with Gasteiger partial charge >= 0.3 is 5.97 Å². The van der Waals surface area contributed by atoms with E-state index in [1.807, 2.05) is 80.6 Å². The fraction of sp³-hybridized carbons (Fsp3) is 0.270. The Labute approximate surface area is 271 Å². The summed E-state index contributed by atoms with van der Waals surface area (Å²) >= 11 is 1.31. The van der Waals surface area contributed by atoms with Crippen LogP contribution >= 0.6 is 11.3 Å². The van der Waals surface area contributed by atoms with Gasteiger partial charge in [0.1, 0.15) is 0 Å². The molecule has 1 aliphatic heterocycles. The summed E-state index contributed by atoms with van der Waals surface area (Å²) in [6, 6.07) is 22.7. The van der Waals surface area contributed by atoms with Crippen molar-refractivity contribution in [2.24, 2.45) is 4.99 Å². The Morgan fingerprint density at radius 1 is 0.935 bits per heavy atom. The van der Waals surface area contributed by atoms with E-state index in [4.69, 9.17) is 19.2 Å². The topological polar surface area (TPSA) is 84.1 Å². The van der Waals surface area contributed by atoms with Crippen LogP contribution in [0.3, 0.4) is 0 Å².